The summed E-state index contributed by atoms with van der Waals surface area (Å²) in [6, 6.07) is 15.2. The predicted molar refractivity (Wildman–Crippen MR) is 92.2 cm³/mol. The monoisotopic (exact) mass is 422 g/mol. The first kappa shape index (κ1) is 15.7. The van der Waals surface area contributed by atoms with Crippen LogP contribution in [0.4, 0.5) is 4.39 Å². The summed E-state index contributed by atoms with van der Waals surface area (Å²) in [5.74, 6) is -0.231. The van der Waals surface area contributed by atoms with Crippen LogP contribution in [0, 0.1) is 9.39 Å². The van der Waals surface area contributed by atoms with Crippen LogP contribution >= 0.6 is 22.6 Å². The van der Waals surface area contributed by atoms with Crippen LogP contribution in [-0.2, 0) is 6.54 Å². The van der Waals surface area contributed by atoms with E-state index >= 15 is 0 Å². The highest BCUT2D eigenvalue weighted by Crippen LogP contribution is 2.23. The van der Waals surface area contributed by atoms with E-state index in [2.05, 4.69) is 33.1 Å². The van der Waals surface area contributed by atoms with E-state index in [1.54, 1.807) is 30.3 Å². The van der Waals surface area contributed by atoms with Gasteiger partial charge in [-0.3, -0.25) is 4.79 Å². The molecule has 0 unspecified atom stereocenters. The zero-order valence-electron chi connectivity index (χ0n) is 11.9. The minimum Gasteiger partial charge on any atom is -0.356 e. The van der Waals surface area contributed by atoms with Gasteiger partial charge < -0.3 is 9.84 Å². The van der Waals surface area contributed by atoms with Gasteiger partial charge in [0.2, 0.25) is 0 Å². The summed E-state index contributed by atoms with van der Waals surface area (Å²) in [6.07, 6.45) is 0. The molecule has 23 heavy (non-hydrogen) atoms. The molecule has 1 heterocycles. The summed E-state index contributed by atoms with van der Waals surface area (Å²) in [7, 11) is 0. The van der Waals surface area contributed by atoms with E-state index in [-0.39, 0.29) is 18.3 Å². The van der Waals surface area contributed by atoms with Gasteiger partial charge in [-0.15, -0.1) is 0 Å². The molecule has 0 fully saturated rings. The van der Waals surface area contributed by atoms with Crippen LogP contribution < -0.4 is 5.32 Å². The molecule has 0 atom stereocenters. The Morgan fingerprint density at radius 3 is 2.70 bits per heavy atom. The largest absolute Gasteiger partial charge is 0.356 e. The Balaban J connectivity index is 1.70. The van der Waals surface area contributed by atoms with E-state index < -0.39 is 0 Å². The quantitative estimate of drug-likeness (QED) is 0.647. The molecule has 3 rings (SSSR count). The van der Waals surface area contributed by atoms with Gasteiger partial charge in [0.1, 0.15) is 11.5 Å². The number of aromatic nitrogens is 1. The molecule has 4 nitrogen and oxygen atoms in total. The molecule has 0 radical (unpaired) electrons. The number of rotatable bonds is 4. The van der Waals surface area contributed by atoms with E-state index in [4.69, 9.17) is 4.52 Å². The van der Waals surface area contributed by atoms with E-state index in [1.807, 2.05) is 18.2 Å². The SMILES string of the molecule is O=C(NCc1cc(-c2ccccc2F)on1)c1ccccc1I. The number of amides is 1. The van der Waals surface area contributed by atoms with Crippen LogP contribution in [0.25, 0.3) is 11.3 Å². The maximum atomic E-state index is 13.7. The first-order valence-electron chi connectivity index (χ1n) is 6.88. The molecule has 0 aliphatic heterocycles. The summed E-state index contributed by atoms with van der Waals surface area (Å²) in [5.41, 5.74) is 1.48. The van der Waals surface area contributed by atoms with Gasteiger partial charge in [-0.25, -0.2) is 4.39 Å². The number of nitrogens with zero attached hydrogens (tertiary/aromatic N) is 1. The number of halogens is 2. The number of nitrogens with one attached hydrogen (secondary N) is 1. The van der Waals surface area contributed by atoms with E-state index in [9.17, 15) is 9.18 Å². The Morgan fingerprint density at radius 2 is 1.91 bits per heavy atom. The first-order valence-corrected chi connectivity index (χ1v) is 7.96. The van der Waals surface area contributed by atoms with Gasteiger partial charge in [0.05, 0.1) is 17.7 Å². The van der Waals surface area contributed by atoms with Crippen LogP contribution in [0.1, 0.15) is 16.1 Å². The fourth-order valence-corrected chi connectivity index (χ4v) is 2.73. The van der Waals surface area contributed by atoms with Crippen molar-refractivity contribution in [2.24, 2.45) is 0 Å². The highest BCUT2D eigenvalue weighted by Gasteiger charge is 2.13. The van der Waals surface area contributed by atoms with Crippen molar-refractivity contribution in [3.63, 3.8) is 0 Å². The molecule has 0 aliphatic carbocycles. The van der Waals surface area contributed by atoms with Crippen molar-refractivity contribution in [1.82, 2.24) is 10.5 Å². The van der Waals surface area contributed by atoms with Crippen LogP contribution in [0.2, 0.25) is 0 Å². The van der Waals surface area contributed by atoms with E-state index in [0.717, 1.165) is 3.57 Å². The average Bonchev–Trinajstić information content (AvgIpc) is 3.02. The molecular formula is C17H12FIN2O2. The van der Waals surface area contributed by atoms with Crippen LogP contribution in [0.5, 0.6) is 0 Å². The average molecular weight is 422 g/mol. The molecule has 1 N–H and O–H groups in total. The maximum absolute atomic E-state index is 13.7. The van der Waals surface area contributed by atoms with Crippen molar-refractivity contribution in [2.45, 2.75) is 6.54 Å². The minimum absolute atomic E-state index is 0.189. The Morgan fingerprint density at radius 1 is 1.17 bits per heavy atom. The van der Waals surface area contributed by atoms with Crippen LogP contribution in [0.3, 0.4) is 0 Å². The van der Waals surface area contributed by atoms with Gasteiger partial charge in [-0.1, -0.05) is 29.4 Å². The van der Waals surface area contributed by atoms with Gasteiger partial charge >= 0.3 is 0 Å². The second-order valence-corrected chi connectivity index (χ2v) is 5.99. The molecular weight excluding hydrogens is 410 g/mol. The van der Waals surface area contributed by atoms with E-state index in [1.165, 1.54) is 6.07 Å². The molecule has 0 bridgehead atoms. The molecule has 6 heteroatoms. The first-order chi connectivity index (χ1) is 11.1. The third-order valence-electron chi connectivity index (χ3n) is 3.25. The van der Waals surface area contributed by atoms with Crippen molar-refractivity contribution in [2.75, 3.05) is 0 Å². The Bertz CT molecular complexity index is 848. The lowest BCUT2D eigenvalue weighted by Crippen LogP contribution is -2.23. The van der Waals surface area contributed by atoms with Crippen molar-refractivity contribution in [1.29, 1.82) is 0 Å². The third-order valence-corrected chi connectivity index (χ3v) is 4.19. The molecule has 116 valence electrons. The minimum atomic E-state index is -0.377. The molecule has 0 aliphatic rings. The molecule has 1 amide bonds. The van der Waals surface area contributed by atoms with Gasteiger partial charge in [0, 0.05) is 9.64 Å². The Kier molecular flexibility index (Phi) is 4.71. The standard InChI is InChI=1S/C17H12FIN2O2/c18-14-7-3-1-5-12(14)16-9-11(21-23-16)10-20-17(22)13-6-2-4-8-15(13)19/h1-9H,10H2,(H,20,22). The number of hydrogen-bond acceptors (Lipinski definition) is 3. The predicted octanol–water partition coefficient (Wildman–Crippen LogP) is 4.02. The topological polar surface area (TPSA) is 55.1 Å². The smallest absolute Gasteiger partial charge is 0.252 e. The fourth-order valence-electron chi connectivity index (χ4n) is 2.09. The summed E-state index contributed by atoms with van der Waals surface area (Å²) in [4.78, 5) is 12.1. The van der Waals surface area contributed by atoms with Crippen LogP contribution in [0.15, 0.2) is 59.1 Å². The maximum Gasteiger partial charge on any atom is 0.252 e. The molecule has 0 saturated carbocycles. The fraction of sp³-hybridized carbons (Fsp3) is 0.0588. The van der Waals surface area contributed by atoms with Gasteiger partial charge in [-0.05, 0) is 46.9 Å². The Labute approximate surface area is 145 Å². The number of carbonyl (C=O) groups excluding carboxylic acids is 1. The lowest BCUT2D eigenvalue weighted by Gasteiger charge is -2.04. The third kappa shape index (κ3) is 3.58. The summed E-state index contributed by atoms with van der Waals surface area (Å²) < 4.78 is 19.7. The molecule has 2 aromatic carbocycles. The lowest BCUT2D eigenvalue weighted by atomic mass is 10.1. The molecule has 1 aromatic heterocycles. The highest BCUT2D eigenvalue weighted by atomic mass is 127. The lowest BCUT2D eigenvalue weighted by molar-refractivity contribution is 0.0949. The Hall–Kier alpha value is -2.22. The van der Waals surface area contributed by atoms with Crippen LogP contribution in [-0.4, -0.2) is 11.1 Å². The highest BCUT2D eigenvalue weighted by molar-refractivity contribution is 14.1. The van der Waals surface area contributed by atoms with Crippen molar-refractivity contribution in [3.8, 4) is 11.3 Å². The van der Waals surface area contributed by atoms with Crippen molar-refractivity contribution in [3.05, 3.63) is 75.2 Å². The zero-order chi connectivity index (χ0) is 16.2. The van der Waals surface area contributed by atoms with Crippen molar-refractivity contribution >= 4 is 28.5 Å². The molecule has 3 aromatic rings. The van der Waals surface area contributed by atoms with Gasteiger partial charge in [-0.2, -0.15) is 0 Å². The van der Waals surface area contributed by atoms with Gasteiger partial charge in [0.25, 0.3) is 5.91 Å². The normalized spacial score (nSPS) is 10.5. The number of carbonyl (C=O) groups is 1. The summed E-state index contributed by atoms with van der Waals surface area (Å²) in [6.45, 7) is 0.210. The van der Waals surface area contributed by atoms with Crippen molar-refractivity contribution < 1.29 is 13.7 Å². The second-order valence-electron chi connectivity index (χ2n) is 4.82. The summed E-state index contributed by atoms with van der Waals surface area (Å²) in [5, 5.41) is 6.64. The molecule has 0 spiro atoms. The second kappa shape index (κ2) is 6.91. The molecule has 0 saturated heterocycles. The van der Waals surface area contributed by atoms with E-state index in [0.29, 0.717) is 22.6 Å². The zero-order valence-corrected chi connectivity index (χ0v) is 14.1. The number of hydrogen-bond donors (Lipinski definition) is 1. The summed E-state index contributed by atoms with van der Waals surface area (Å²) >= 11 is 2.11. The number of benzene rings is 2. The van der Waals surface area contributed by atoms with Gasteiger partial charge in [0.15, 0.2) is 5.76 Å².